The van der Waals surface area contributed by atoms with Gasteiger partial charge in [0.25, 0.3) is 10.0 Å². The summed E-state index contributed by atoms with van der Waals surface area (Å²) in [5.74, 6) is 0. The SMILES string of the molecule is CNCc1sccc1S(=O)(=O)Nc1cccc(C)c1Br. The lowest BCUT2D eigenvalue weighted by Crippen LogP contribution is -2.16. The molecule has 1 aromatic carbocycles. The van der Waals surface area contributed by atoms with E-state index in [1.54, 1.807) is 24.6 Å². The van der Waals surface area contributed by atoms with Crippen molar-refractivity contribution in [2.75, 3.05) is 11.8 Å². The first-order chi connectivity index (χ1) is 9.45. The first-order valence-electron chi connectivity index (χ1n) is 5.94. The summed E-state index contributed by atoms with van der Waals surface area (Å²) >= 11 is 4.83. The van der Waals surface area contributed by atoms with Crippen LogP contribution in [0.25, 0.3) is 0 Å². The molecule has 0 radical (unpaired) electrons. The number of sulfonamides is 1. The Morgan fingerprint density at radius 1 is 1.30 bits per heavy atom. The van der Waals surface area contributed by atoms with Gasteiger partial charge in [0.2, 0.25) is 0 Å². The van der Waals surface area contributed by atoms with Gasteiger partial charge in [-0.3, -0.25) is 4.72 Å². The van der Waals surface area contributed by atoms with E-state index in [4.69, 9.17) is 0 Å². The summed E-state index contributed by atoms with van der Waals surface area (Å²) in [5, 5.41) is 4.76. The van der Waals surface area contributed by atoms with Crippen LogP contribution in [0, 0.1) is 6.92 Å². The molecule has 108 valence electrons. The number of thiophene rings is 1. The minimum atomic E-state index is -3.57. The Balaban J connectivity index is 2.36. The second kappa shape index (κ2) is 6.26. The van der Waals surface area contributed by atoms with Crippen molar-refractivity contribution in [3.63, 3.8) is 0 Å². The molecule has 0 saturated carbocycles. The van der Waals surface area contributed by atoms with E-state index in [1.165, 1.54) is 11.3 Å². The first kappa shape index (κ1) is 15.5. The monoisotopic (exact) mass is 374 g/mol. The average Bonchev–Trinajstić information content (AvgIpc) is 2.84. The van der Waals surface area contributed by atoms with Gasteiger partial charge in [-0.2, -0.15) is 0 Å². The number of anilines is 1. The van der Waals surface area contributed by atoms with E-state index in [0.29, 0.717) is 17.1 Å². The van der Waals surface area contributed by atoms with Crippen LogP contribution in [-0.4, -0.2) is 15.5 Å². The molecular formula is C13H15BrN2O2S2. The number of nitrogens with one attached hydrogen (secondary N) is 2. The maximum absolute atomic E-state index is 12.5. The van der Waals surface area contributed by atoms with Crippen LogP contribution < -0.4 is 10.0 Å². The number of hydrogen-bond acceptors (Lipinski definition) is 4. The van der Waals surface area contributed by atoms with Gasteiger partial charge in [0.15, 0.2) is 0 Å². The lowest BCUT2D eigenvalue weighted by Gasteiger charge is -2.11. The molecule has 0 aliphatic carbocycles. The van der Waals surface area contributed by atoms with Crippen LogP contribution in [0.15, 0.2) is 39.0 Å². The molecule has 2 aromatic rings. The summed E-state index contributed by atoms with van der Waals surface area (Å²) in [6.45, 7) is 2.45. The molecule has 0 amide bonds. The Kier molecular flexibility index (Phi) is 4.85. The van der Waals surface area contributed by atoms with Crippen LogP contribution in [0.1, 0.15) is 10.4 Å². The maximum Gasteiger partial charge on any atom is 0.263 e. The van der Waals surface area contributed by atoms with Gasteiger partial charge in [-0.1, -0.05) is 12.1 Å². The summed E-state index contributed by atoms with van der Waals surface area (Å²) in [6, 6.07) is 7.10. The smallest absolute Gasteiger partial charge is 0.263 e. The van der Waals surface area contributed by atoms with Crippen molar-refractivity contribution in [3.8, 4) is 0 Å². The molecule has 2 N–H and O–H groups in total. The van der Waals surface area contributed by atoms with Gasteiger partial charge in [-0.15, -0.1) is 11.3 Å². The summed E-state index contributed by atoms with van der Waals surface area (Å²) in [6.07, 6.45) is 0. The molecule has 0 spiro atoms. The number of benzene rings is 1. The van der Waals surface area contributed by atoms with Gasteiger partial charge in [0, 0.05) is 15.9 Å². The maximum atomic E-state index is 12.5. The molecule has 0 fully saturated rings. The van der Waals surface area contributed by atoms with Crippen molar-refractivity contribution in [2.24, 2.45) is 0 Å². The van der Waals surface area contributed by atoms with Crippen LogP contribution in [0.3, 0.4) is 0 Å². The molecule has 1 aromatic heterocycles. The number of hydrogen-bond donors (Lipinski definition) is 2. The fourth-order valence-corrected chi connectivity index (χ4v) is 4.81. The van der Waals surface area contributed by atoms with E-state index in [1.807, 2.05) is 19.1 Å². The zero-order valence-electron chi connectivity index (χ0n) is 11.1. The molecule has 20 heavy (non-hydrogen) atoms. The number of rotatable bonds is 5. The number of halogens is 1. The highest BCUT2D eigenvalue weighted by atomic mass is 79.9. The Labute approximate surface area is 131 Å². The predicted octanol–water partition coefficient (Wildman–Crippen LogP) is 3.34. The summed E-state index contributed by atoms with van der Waals surface area (Å²) in [7, 11) is -1.78. The minimum Gasteiger partial charge on any atom is -0.315 e. The highest BCUT2D eigenvalue weighted by molar-refractivity contribution is 9.10. The molecule has 2 rings (SSSR count). The average molecular weight is 375 g/mol. The van der Waals surface area contributed by atoms with Crippen LogP contribution >= 0.6 is 27.3 Å². The van der Waals surface area contributed by atoms with Gasteiger partial charge in [-0.25, -0.2) is 8.42 Å². The van der Waals surface area contributed by atoms with Gasteiger partial charge in [0.1, 0.15) is 4.90 Å². The van der Waals surface area contributed by atoms with Crippen LogP contribution in [0.5, 0.6) is 0 Å². The molecule has 0 unspecified atom stereocenters. The fourth-order valence-electron chi connectivity index (χ4n) is 1.78. The largest absolute Gasteiger partial charge is 0.315 e. The van der Waals surface area contributed by atoms with E-state index >= 15 is 0 Å². The highest BCUT2D eigenvalue weighted by Crippen LogP contribution is 2.29. The Morgan fingerprint density at radius 3 is 2.75 bits per heavy atom. The molecule has 1 heterocycles. The Morgan fingerprint density at radius 2 is 2.05 bits per heavy atom. The van der Waals surface area contributed by atoms with E-state index < -0.39 is 10.0 Å². The van der Waals surface area contributed by atoms with Crippen molar-refractivity contribution in [3.05, 3.63) is 44.6 Å². The molecule has 0 aliphatic rings. The van der Waals surface area contributed by atoms with E-state index in [2.05, 4.69) is 26.0 Å². The minimum absolute atomic E-state index is 0.324. The molecule has 4 nitrogen and oxygen atoms in total. The fraction of sp³-hybridized carbons (Fsp3) is 0.231. The third-order valence-electron chi connectivity index (χ3n) is 2.77. The van der Waals surface area contributed by atoms with E-state index in [-0.39, 0.29) is 0 Å². The second-order valence-corrected chi connectivity index (χ2v) is 7.72. The van der Waals surface area contributed by atoms with Crippen LogP contribution in [0.2, 0.25) is 0 Å². The summed E-state index contributed by atoms with van der Waals surface area (Å²) in [5.41, 5.74) is 1.53. The van der Waals surface area contributed by atoms with Crippen LogP contribution in [0.4, 0.5) is 5.69 Å². The number of aryl methyl sites for hydroxylation is 1. The molecule has 0 bridgehead atoms. The Hall–Kier alpha value is -0.890. The van der Waals surface area contributed by atoms with Gasteiger partial charge in [0.05, 0.1) is 5.69 Å². The standard InChI is InChI=1S/C13H15BrN2O2S2/c1-9-4-3-5-10(13(9)14)16-20(17,18)12-6-7-19-11(12)8-15-2/h3-7,15-16H,8H2,1-2H3. The Bertz CT molecular complexity index is 711. The summed E-state index contributed by atoms with van der Waals surface area (Å²) in [4.78, 5) is 1.12. The molecule has 0 saturated heterocycles. The van der Waals surface area contributed by atoms with Gasteiger partial charge in [-0.05, 0) is 53.0 Å². The zero-order valence-corrected chi connectivity index (χ0v) is 14.3. The van der Waals surface area contributed by atoms with Crippen molar-refractivity contribution < 1.29 is 8.42 Å². The topological polar surface area (TPSA) is 58.2 Å². The van der Waals surface area contributed by atoms with Crippen LogP contribution in [-0.2, 0) is 16.6 Å². The highest BCUT2D eigenvalue weighted by Gasteiger charge is 2.20. The van der Waals surface area contributed by atoms with Crippen molar-refractivity contribution in [1.82, 2.24) is 5.32 Å². The summed E-state index contributed by atoms with van der Waals surface area (Å²) < 4.78 is 28.3. The predicted molar refractivity (Wildman–Crippen MR) is 86.8 cm³/mol. The first-order valence-corrected chi connectivity index (χ1v) is 9.10. The molecule has 0 aliphatic heterocycles. The molecular weight excluding hydrogens is 360 g/mol. The van der Waals surface area contributed by atoms with Crippen molar-refractivity contribution >= 4 is 43.0 Å². The third-order valence-corrected chi connectivity index (χ3v) is 6.32. The van der Waals surface area contributed by atoms with Gasteiger partial charge < -0.3 is 5.32 Å². The quantitative estimate of drug-likeness (QED) is 0.843. The third kappa shape index (κ3) is 3.22. The van der Waals surface area contributed by atoms with Crippen molar-refractivity contribution in [2.45, 2.75) is 18.4 Å². The van der Waals surface area contributed by atoms with Gasteiger partial charge >= 0.3 is 0 Å². The second-order valence-electron chi connectivity index (χ2n) is 4.28. The van der Waals surface area contributed by atoms with E-state index in [9.17, 15) is 8.42 Å². The van der Waals surface area contributed by atoms with Crippen molar-refractivity contribution in [1.29, 1.82) is 0 Å². The molecule has 0 atom stereocenters. The lowest BCUT2D eigenvalue weighted by atomic mass is 10.2. The normalized spacial score (nSPS) is 11.6. The zero-order chi connectivity index (χ0) is 14.8. The molecule has 7 heteroatoms. The van der Waals surface area contributed by atoms with E-state index in [0.717, 1.165) is 14.9 Å². The lowest BCUT2D eigenvalue weighted by molar-refractivity contribution is 0.600.